The molecule has 1 aromatic carbocycles. The molecule has 2 amide bonds. The summed E-state index contributed by atoms with van der Waals surface area (Å²) >= 11 is 0. The summed E-state index contributed by atoms with van der Waals surface area (Å²) in [7, 11) is -3.90. The number of amides is 2. The highest BCUT2D eigenvalue weighted by Crippen LogP contribution is 2.29. The van der Waals surface area contributed by atoms with Crippen LogP contribution < -0.4 is 10.0 Å². The van der Waals surface area contributed by atoms with E-state index in [2.05, 4.69) is 30.8 Å². The van der Waals surface area contributed by atoms with Crippen molar-refractivity contribution in [2.45, 2.75) is 83.1 Å². The van der Waals surface area contributed by atoms with Crippen LogP contribution in [0.3, 0.4) is 0 Å². The smallest absolute Gasteiger partial charge is 0.407 e. The molecule has 7 nitrogen and oxygen atoms in total. The van der Waals surface area contributed by atoms with Crippen molar-refractivity contribution < 1.29 is 22.7 Å². The van der Waals surface area contributed by atoms with E-state index in [9.17, 15) is 18.0 Å². The van der Waals surface area contributed by atoms with Gasteiger partial charge in [0.2, 0.25) is 5.91 Å². The molecule has 174 valence electrons. The number of ether oxygens (including phenoxy) is 1. The molecule has 0 saturated heterocycles. The van der Waals surface area contributed by atoms with E-state index >= 15 is 0 Å². The molecule has 2 rings (SSSR count). The van der Waals surface area contributed by atoms with Crippen LogP contribution in [0.2, 0.25) is 0 Å². The molecular weight excluding hydrogens is 416 g/mol. The first-order valence-electron chi connectivity index (χ1n) is 10.8. The van der Waals surface area contributed by atoms with Crippen molar-refractivity contribution in [3.63, 3.8) is 0 Å². The van der Waals surface area contributed by atoms with E-state index in [-0.39, 0.29) is 22.1 Å². The molecule has 31 heavy (non-hydrogen) atoms. The first-order chi connectivity index (χ1) is 14.2. The third kappa shape index (κ3) is 7.83. The van der Waals surface area contributed by atoms with Crippen molar-refractivity contribution >= 4 is 22.0 Å². The van der Waals surface area contributed by atoms with Gasteiger partial charge >= 0.3 is 6.09 Å². The molecule has 0 bridgehead atoms. The van der Waals surface area contributed by atoms with Gasteiger partial charge in [-0.25, -0.2) is 17.9 Å². The maximum atomic E-state index is 12.6. The van der Waals surface area contributed by atoms with Crippen molar-refractivity contribution in [3.8, 4) is 0 Å². The largest absolute Gasteiger partial charge is 0.444 e. The molecule has 0 aliphatic heterocycles. The van der Waals surface area contributed by atoms with E-state index in [1.165, 1.54) is 12.1 Å². The predicted octanol–water partition coefficient (Wildman–Crippen LogP) is 4.12. The fourth-order valence-electron chi connectivity index (χ4n) is 3.58. The van der Waals surface area contributed by atoms with Crippen LogP contribution in [0.4, 0.5) is 4.79 Å². The Hall–Kier alpha value is -2.09. The predicted molar refractivity (Wildman–Crippen MR) is 120 cm³/mol. The lowest BCUT2D eigenvalue weighted by Crippen LogP contribution is -2.39. The Balaban J connectivity index is 1.85. The number of benzene rings is 1. The van der Waals surface area contributed by atoms with Gasteiger partial charge in [0, 0.05) is 12.5 Å². The summed E-state index contributed by atoms with van der Waals surface area (Å²) < 4.78 is 32.7. The lowest BCUT2D eigenvalue weighted by atomic mass is 9.82. The number of nitrogens with one attached hydrogen (secondary N) is 2. The van der Waals surface area contributed by atoms with Gasteiger partial charge in [-0.1, -0.05) is 32.9 Å². The molecule has 0 heterocycles. The fraction of sp³-hybridized carbons (Fsp3) is 0.652. The van der Waals surface area contributed by atoms with Crippen LogP contribution in [0.15, 0.2) is 29.2 Å². The maximum Gasteiger partial charge on any atom is 0.407 e. The van der Waals surface area contributed by atoms with E-state index in [0.717, 1.165) is 18.4 Å². The van der Waals surface area contributed by atoms with Gasteiger partial charge in [-0.15, -0.1) is 0 Å². The van der Waals surface area contributed by atoms with E-state index in [4.69, 9.17) is 4.74 Å². The summed E-state index contributed by atoms with van der Waals surface area (Å²) in [5, 5.41) is 2.77. The van der Waals surface area contributed by atoms with Crippen LogP contribution in [0.5, 0.6) is 0 Å². The minimum atomic E-state index is -3.90. The average Bonchev–Trinajstić information content (AvgIpc) is 2.64. The van der Waals surface area contributed by atoms with Crippen LogP contribution in [-0.2, 0) is 25.0 Å². The second kappa shape index (κ2) is 9.59. The van der Waals surface area contributed by atoms with E-state index in [0.29, 0.717) is 19.4 Å². The highest BCUT2D eigenvalue weighted by Gasteiger charge is 2.30. The van der Waals surface area contributed by atoms with Gasteiger partial charge in [0.25, 0.3) is 10.0 Å². The Morgan fingerprint density at radius 2 is 1.52 bits per heavy atom. The average molecular weight is 453 g/mol. The zero-order valence-electron chi connectivity index (χ0n) is 19.4. The first kappa shape index (κ1) is 25.2. The van der Waals surface area contributed by atoms with Gasteiger partial charge in [0.1, 0.15) is 5.60 Å². The van der Waals surface area contributed by atoms with Crippen molar-refractivity contribution in [3.05, 3.63) is 29.8 Å². The number of carbonyl (C=O) groups is 2. The second-order valence-corrected chi connectivity index (χ2v) is 12.0. The molecule has 0 radical (unpaired) electrons. The highest BCUT2D eigenvalue weighted by atomic mass is 32.2. The van der Waals surface area contributed by atoms with Crippen molar-refractivity contribution in [2.24, 2.45) is 11.8 Å². The topological polar surface area (TPSA) is 102 Å². The third-order valence-corrected chi connectivity index (χ3v) is 6.78. The summed E-state index contributed by atoms with van der Waals surface area (Å²) in [4.78, 5) is 24.4. The summed E-state index contributed by atoms with van der Waals surface area (Å²) in [6.45, 7) is 12.1. The van der Waals surface area contributed by atoms with Gasteiger partial charge in [0.15, 0.2) is 0 Å². The van der Waals surface area contributed by atoms with Gasteiger partial charge in [0.05, 0.1) is 4.90 Å². The summed E-state index contributed by atoms with van der Waals surface area (Å²) in [5.74, 6) is -0.557. The molecule has 2 N–H and O–H groups in total. The van der Waals surface area contributed by atoms with Gasteiger partial charge < -0.3 is 10.1 Å². The Bertz CT molecular complexity index is 872. The molecule has 1 fully saturated rings. The van der Waals surface area contributed by atoms with Crippen molar-refractivity contribution in [2.75, 3.05) is 6.54 Å². The fourth-order valence-corrected chi connectivity index (χ4v) is 4.62. The molecule has 8 heteroatoms. The van der Waals surface area contributed by atoms with E-state index < -0.39 is 27.6 Å². The van der Waals surface area contributed by atoms with Gasteiger partial charge in [-0.3, -0.25) is 4.79 Å². The van der Waals surface area contributed by atoms with Gasteiger partial charge in [-0.05, 0) is 75.5 Å². The molecule has 1 aromatic rings. The molecular formula is C23H36N2O5S. The number of sulfonamides is 1. The summed E-state index contributed by atoms with van der Waals surface area (Å²) in [6, 6.07) is 6.63. The number of hydrogen-bond donors (Lipinski definition) is 2. The zero-order valence-corrected chi connectivity index (χ0v) is 20.3. The van der Waals surface area contributed by atoms with Gasteiger partial charge in [-0.2, -0.15) is 0 Å². The minimum Gasteiger partial charge on any atom is -0.444 e. The molecule has 1 aliphatic carbocycles. The third-order valence-electron chi connectivity index (χ3n) is 5.42. The standard InChI is InChI=1S/C23H36N2O5S/c1-22(2,3)18-11-13-19(14-12-18)31(28,29)25-20(26)17-9-7-16(8-10-17)15-24-21(27)30-23(4,5)6/h11-14,16-17H,7-10,15H2,1-6H3,(H,24,27)(H,25,26). The molecule has 1 saturated carbocycles. The van der Waals surface area contributed by atoms with Crippen LogP contribution in [0, 0.1) is 11.8 Å². The van der Waals surface area contributed by atoms with Crippen LogP contribution >= 0.6 is 0 Å². The normalized spacial score (nSPS) is 20.1. The van der Waals surface area contributed by atoms with Crippen LogP contribution in [0.1, 0.15) is 72.8 Å². The lowest BCUT2D eigenvalue weighted by molar-refractivity contribution is -0.124. The molecule has 0 aromatic heterocycles. The number of hydrogen-bond acceptors (Lipinski definition) is 5. The molecule has 0 unspecified atom stereocenters. The van der Waals surface area contributed by atoms with Crippen molar-refractivity contribution in [1.29, 1.82) is 0 Å². The molecule has 0 spiro atoms. The summed E-state index contributed by atoms with van der Waals surface area (Å²) in [5.41, 5.74) is 0.400. The van der Waals surface area contributed by atoms with E-state index in [1.54, 1.807) is 12.1 Å². The quantitative estimate of drug-likeness (QED) is 0.700. The first-order valence-corrected chi connectivity index (χ1v) is 12.3. The minimum absolute atomic E-state index is 0.0808. The van der Waals surface area contributed by atoms with E-state index in [1.807, 2.05) is 20.8 Å². The Morgan fingerprint density at radius 1 is 0.968 bits per heavy atom. The lowest BCUT2D eigenvalue weighted by Gasteiger charge is -2.28. The Labute approximate surface area is 186 Å². The van der Waals surface area contributed by atoms with Crippen LogP contribution in [0.25, 0.3) is 0 Å². The summed E-state index contributed by atoms with van der Waals surface area (Å²) in [6.07, 6.45) is 2.22. The Kier molecular flexibility index (Phi) is 7.79. The van der Waals surface area contributed by atoms with Crippen molar-refractivity contribution in [1.82, 2.24) is 10.0 Å². The number of alkyl carbamates (subject to hydrolysis) is 1. The second-order valence-electron chi connectivity index (χ2n) is 10.3. The molecule has 0 atom stereocenters. The SMILES string of the molecule is CC(C)(C)OC(=O)NCC1CCC(C(=O)NS(=O)(=O)c2ccc(C(C)(C)C)cc2)CC1. The van der Waals surface area contributed by atoms with Crippen LogP contribution in [-0.4, -0.2) is 32.6 Å². The maximum absolute atomic E-state index is 12.6. The number of rotatable bonds is 5. The Morgan fingerprint density at radius 3 is 2.00 bits per heavy atom. The highest BCUT2D eigenvalue weighted by molar-refractivity contribution is 7.90. The molecule has 1 aliphatic rings. The monoisotopic (exact) mass is 452 g/mol. The number of carbonyl (C=O) groups excluding carboxylic acids is 2. The zero-order chi connectivity index (χ0) is 23.4.